The van der Waals surface area contributed by atoms with Crippen molar-refractivity contribution in [3.05, 3.63) is 29.3 Å². The number of carbonyl (C=O) groups excluding carboxylic acids is 1. The second-order valence-corrected chi connectivity index (χ2v) is 4.70. The van der Waals surface area contributed by atoms with Crippen molar-refractivity contribution in [2.24, 2.45) is 0 Å². The molecule has 0 bridgehead atoms. The van der Waals surface area contributed by atoms with Crippen LogP contribution in [0.1, 0.15) is 22.6 Å². The number of nitrogens with zero attached hydrogens (tertiary/aromatic N) is 1. The van der Waals surface area contributed by atoms with Crippen molar-refractivity contribution >= 4 is 27.5 Å². The van der Waals surface area contributed by atoms with Gasteiger partial charge in [-0.15, -0.1) is 11.3 Å². The molecule has 0 atom stereocenters. The Morgan fingerprint density at radius 1 is 1.35 bits per heavy atom. The molecule has 2 aromatic rings. The van der Waals surface area contributed by atoms with Gasteiger partial charge in [0.05, 0.1) is 10.2 Å². The number of aliphatic hydroxyl groups excluding tert-OH is 1. The number of thiazole rings is 1. The molecule has 0 spiro atoms. The Morgan fingerprint density at radius 2 is 2.18 bits per heavy atom. The third kappa shape index (κ3) is 3.01. The largest absolute Gasteiger partial charge is 0.396 e. The van der Waals surface area contributed by atoms with Crippen molar-refractivity contribution in [1.29, 1.82) is 0 Å². The lowest BCUT2D eigenvalue weighted by Gasteiger charge is -2.00. The summed E-state index contributed by atoms with van der Waals surface area (Å²) in [5.74, 6) is -0.135. The van der Waals surface area contributed by atoms with Crippen molar-refractivity contribution in [3.8, 4) is 0 Å². The number of benzene rings is 1. The molecule has 17 heavy (non-hydrogen) atoms. The molecule has 2 N–H and O–H groups in total. The second-order valence-electron chi connectivity index (χ2n) is 3.67. The SMILES string of the molecule is O=C(NCCCCO)c1nc2ccccc2s1. The fourth-order valence-electron chi connectivity index (χ4n) is 1.48. The maximum atomic E-state index is 11.8. The van der Waals surface area contributed by atoms with Crippen LogP contribution in [0.25, 0.3) is 10.2 Å². The number of nitrogens with one attached hydrogen (secondary N) is 1. The van der Waals surface area contributed by atoms with Gasteiger partial charge in [0.2, 0.25) is 0 Å². The summed E-state index contributed by atoms with van der Waals surface area (Å²) in [5, 5.41) is 11.9. The van der Waals surface area contributed by atoms with Gasteiger partial charge in [-0.3, -0.25) is 4.79 Å². The van der Waals surface area contributed by atoms with Crippen LogP contribution in [0, 0.1) is 0 Å². The van der Waals surface area contributed by atoms with Crippen molar-refractivity contribution in [2.45, 2.75) is 12.8 Å². The summed E-state index contributed by atoms with van der Waals surface area (Å²) in [7, 11) is 0. The van der Waals surface area contributed by atoms with E-state index in [2.05, 4.69) is 10.3 Å². The molecule has 1 aromatic carbocycles. The molecule has 0 unspecified atom stereocenters. The first-order valence-corrected chi connectivity index (χ1v) is 6.37. The fourth-order valence-corrected chi connectivity index (χ4v) is 2.37. The Hall–Kier alpha value is -1.46. The monoisotopic (exact) mass is 250 g/mol. The van der Waals surface area contributed by atoms with E-state index in [0.717, 1.165) is 16.6 Å². The average Bonchev–Trinajstić information content (AvgIpc) is 2.78. The van der Waals surface area contributed by atoms with Crippen LogP contribution in [0.3, 0.4) is 0 Å². The van der Waals surface area contributed by atoms with Gasteiger partial charge in [0.25, 0.3) is 5.91 Å². The summed E-state index contributed by atoms with van der Waals surface area (Å²) in [6.45, 7) is 0.742. The van der Waals surface area contributed by atoms with E-state index >= 15 is 0 Å². The molecular weight excluding hydrogens is 236 g/mol. The first kappa shape index (κ1) is 12.0. The molecular formula is C12H14N2O2S. The van der Waals surface area contributed by atoms with Gasteiger partial charge >= 0.3 is 0 Å². The lowest BCUT2D eigenvalue weighted by Crippen LogP contribution is -2.24. The van der Waals surface area contributed by atoms with E-state index < -0.39 is 0 Å². The minimum atomic E-state index is -0.135. The molecule has 0 saturated carbocycles. The van der Waals surface area contributed by atoms with Crippen LogP contribution in [0.5, 0.6) is 0 Å². The smallest absolute Gasteiger partial charge is 0.280 e. The number of aromatic nitrogens is 1. The Kier molecular flexibility index (Phi) is 4.06. The van der Waals surface area contributed by atoms with Crippen LogP contribution < -0.4 is 5.32 Å². The molecule has 0 radical (unpaired) electrons. The lowest BCUT2D eigenvalue weighted by molar-refractivity contribution is 0.0952. The molecule has 90 valence electrons. The number of unbranched alkanes of at least 4 members (excludes halogenated alkanes) is 1. The van der Waals surface area contributed by atoms with Crippen molar-refractivity contribution < 1.29 is 9.90 Å². The standard InChI is InChI=1S/C12H14N2O2S/c15-8-4-3-7-13-11(16)12-14-9-5-1-2-6-10(9)17-12/h1-2,5-6,15H,3-4,7-8H2,(H,13,16). The molecule has 5 heteroatoms. The van der Waals surface area contributed by atoms with Crippen LogP contribution in [-0.2, 0) is 0 Å². The van der Waals surface area contributed by atoms with Gasteiger partial charge in [0.1, 0.15) is 0 Å². The number of rotatable bonds is 5. The third-order valence-corrected chi connectivity index (χ3v) is 3.39. The van der Waals surface area contributed by atoms with E-state index in [9.17, 15) is 4.79 Å². The summed E-state index contributed by atoms with van der Waals surface area (Å²) in [6, 6.07) is 7.69. The number of para-hydroxylation sites is 1. The number of hydrogen-bond acceptors (Lipinski definition) is 4. The first-order valence-electron chi connectivity index (χ1n) is 5.56. The average molecular weight is 250 g/mol. The summed E-state index contributed by atoms with van der Waals surface area (Å²) in [6.07, 6.45) is 1.49. The van der Waals surface area contributed by atoms with E-state index in [-0.39, 0.29) is 12.5 Å². The molecule has 1 aromatic heterocycles. The van der Waals surface area contributed by atoms with E-state index in [1.165, 1.54) is 11.3 Å². The Bertz CT molecular complexity index is 477. The first-order chi connectivity index (χ1) is 8.31. The van der Waals surface area contributed by atoms with Crippen molar-refractivity contribution in [2.75, 3.05) is 13.2 Å². The topological polar surface area (TPSA) is 62.2 Å². The highest BCUT2D eigenvalue weighted by atomic mass is 32.1. The highest BCUT2D eigenvalue weighted by molar-refractivity contribution is 7.20. The second kappa shape index (κ2) is 5.75. The Morgan fingerprint density at radius 3 is 2.94 bits per heavy atom. The van der Waals surface area contributed by atoms with Gasteiger partial charge in [-0.25, -0.2) is 4.98 Å². The number of carbonyl (C=O) groups is 1. The minimum absolute atomic E-state index is 0.135. The molecule has 0 aliphatic carbocycles. The number of fused-ring (bicyclic) bond motifs is 1. The molecule has 4 nitrogen and oxygen atoms in total. The van der Waals surface area contributed by atoms with Crippen LogP contribution in [-0.4, -0.2) is 29.1 Å². The Balaban J connectivity index is 1.99. The molecule has 0 aliphatic rings. The highest BCUT2D eigenvalue weighted by Crippen LogP contribution is 2.21. The van der Waals surface area contributed by atoms with Crippen molar-refractivity contribution in [3.63, 3.8) is 0 Å². The van der Waals surface area contributed by atoms with E-state index in [0.29, 0.717) is 18.0 Å². The maximum absolute atomic E-state index is 11.8. The van der Waals surface area contributed by atoms with Gasteiger partial charge in [-0.2, -0.15) is 0 Å². The van der Waals surface area contributed by atoms with Crippen LogP contribution in [0.15, 0.2) is 24.3 Å². The number of hydrogen-bond donors (Lipinski definition) is 2. The van der Waals surface area contributed by atoms with E-state index in [1.54, 1.807) is 0 Å². The quantitative estimate of drug-likeness (QED) is 0.795. The summed E-state index contributed by atoms with van der Waals surface area (Å²) in [4.78, 5) is 16.0. The van der Waals surface area contributed by atoms with Crippen LogP contribution in [0.4, 0.5) is 0 Å². The van der Waals surface area contributed by atoms with E-state index in [4.69, 9.17) is 5.11 Å². The fraction of sp³-hybridized carbons (Fsp3) is 0.333. The maximum Gasteiger partial charge on any atom is 0.280 e. The Labute approximate surface area is 103 Å². The number of amides is 1. The predicted molar refractivity (Wildman–Crippen MR) is 68.3 cm³/mol. The molecule has 1 heterocycles. The van der Waals surface area contributed by atoms with E-state index in [1.807, 2.05) is 24.3 Å². The van der Waals surface area contributed by atoms with Gasteiger partial charge < -0.3 is 10.4 Å². The summed E-state index contributed by atoms with van der Waals surface area (Å²) in [5.41, 5.74) is 0.859. The van der Waals surface area contributed by atoms with Gasteiger partial charge in [-0.05, 0) is 25.0 Å². The zero-order valence-corrected chi connectivity index (χ0v) is 10.2. The lowest BCUT2D eigenvalue weighted by atomic mass is 10.3. The predicted octanol–water partition coefficient (Wildman–Crippen LogP) is 1.80. The molecule has 0 saturated heterocycles. The normalized spacial score (nSPS) is 10.6. The van der Waals surface area contributed by atoms with Gasteiger partial charge in [0, 0.05) is 13.2 Å². The van der Waals surface area contributed by atoms with Gasteiger partial charge in [0.15, 0.2) is 5.01 Å². The van der Waals surface area contributed by atoms with Crippen LogP contribution >= 0.6 is 11.3 Å². The summed E-state index contributed by atoms with van der Waals surface area (Å²) >= 11 is 1.40. The molecule has 0 aliphatic heterocycles. The minimum Gasteiger partial charge on any atom is -0.396 e. The third-order valence-electron chi connectivity index (χ3n) is 2.36. The number of aliphatic hydroxyl groups is 1. The van der Waals surface area contributed by atoms with Crippen LogP contribution in [0.2, 0.25) is 0 Å². The summed E-state index contributed by atoms with van der Waals surface area (Å²) < 4.78 is 1.02. The highest BCUT2D eigenvalue weighted by Gasteiger charge is 2.10. The van der Waals surface area contributed by atoms with Crippen molar-refractivity contribution in [1.82, 2.24) is 10.3 Å². The molecule has 2 rings (SSSR count). The molecule has 0 fully saturated rings. The van der Waals surface area contributed by atoms with Gasteiger partial charge in [-0.1, -0.05) is 12.1 Å². The molecule has 1 amide bonds. The zero-order valence-electron chi connectivity index (χ0n) is 9.35. The zero-order chi connectivity index (χ0) is 12.1.